The smallest absolute Gasteiger partial charge is 0.137 e. The fourth-order valence-electron chi connectivity index (χ4n) is 8.94. The van der Waals surface area contributed by atoms with Gasteiger partial charge in [0, 0.05) is 45.9 Å². The molecule has 9 aromatic rings. The van der Waals surface area contributed by atoms with Crippen molar-refractivity contribution in [3.63, 3.8) is 0 Å². The minimum absolute atomic E-state index is 0.0245. The van der Waals surface area contributed by atoms with E-state index in [0.29, 0.717) is 11.8 Å². The van der Waals surface area contributed by atoms with Crippen molar-refractivity contribution in [2.24, 2.45) is 11.8 Å². The van der Waals surface area contributed by atoms with Gasteiger partial charge in [0.05, 0.1) is 28.1 Å². The molecule has 0 saturated carbocycles. The van der Waals surface area contributed by atoms with Crippen LogP contribution in [0, 0.1) is 11.8 Å². The van der Waals surface area contributed by atoms with E-state index in [2.05, 4.69) is 221 Å². The first kappa shape index (κ1) is 42.2. The second-order valence-corrected chi connectivity index (χ2v) is 18.9. The van der Waals surface area contributed by atoms with Crippen LogP contribution in [0.25, 0.3) is 49.9 Å². The highest BCUT2D eigenvalue weighted by Gasteiger charge is 2.22. The van der Waals surface area contributed by atoms with Gasteiger partial charge in [-0.3, -0.25) is 4.57 Å². The first-order chi connectivity index (χ1) is 31.0. The zero-order chi connectivity index (χ0) is 44.4. The van der Waals surface area contributed by atoms with Crippen LogP contribution in [0.4, 0.5) is 22.7 Å². The van der Waals surface area contributed by atoms with Crippen LogP contribution in [-0.2, 0) is 18.3 Å². The average Bonchev–Trinajstić information content (AvgIpc) is 3.61. The Morgan fingerprint density at radius 1 is 0.562 bits per heavy atom. The molecule has 0 bridgehead atoms. The molecule has 320 valence electrons. The van der Waals surface area contributed by atoms with Crippen LogP contribution in [0.3, 0.4) is 0 Å². The lowest BCUT2D eigenvalue weighted by molar-refractivity contribution is 0.483. The van der Waals surface area contributed by atoms with Crippen LogP contribution in [0.5, 0.6) is 11.5 Å². The zero-order valence-corrected chi connectivity index (χ0v) is 38.1. The Balaban J connectivity index is 1.08. The van der Waals surface area contributed by atoms with E-state index in [4.69, 9.17) is 9.72 Å². The summed E-state index contributed by atoms with van der Waals surface area (Å²) in [6.07, 6.45) is 3.97. The van der Waals surface area contributed by atoms with Gasteiger partial charge in [-0.2, -0.15) is 0 Å². The number of aromatic nitrogens is 2. The van der Waals surface area contributed by atoms with E-state index >= 15 is 0 Å². The van der Waals surface area contributed by atoms with Gasteiger partial charge in [0.25, 0.3) is 0 Å². The molecule has 7 aromatic carbocycles. The number of benzene rings is 7. The number of fused-ring (bicyclic) bond motifs is 3. The van der Waals surface area contributed by atoms with Gasteiger partial charge in [-0.25, -0.2) is 4.98 Å². The van der Waals surface area contributed by atoms with E-state index in [1.807, 2.05) is 18.3 Å². The zero-order valence-electron chi connectivity index (χ0n) is 38.1. The number of rotatable bonds is 13. The summed E-state index contributed by atoms with van der Waals surface area (Å²) in [7, 11) is 0. The molecule has 0 aliphatic rings. The predicted molar refractivity (Wildman–Crippen MR) is 271 cm³/mol. The molecule has 0 radical (unpaired) electrons. The molecule has 5 nitrogen and oxygen atoms in total. The molecule has 2 aromatic heterocycles. The molecule has 0 fully saturated rings. The van der Waals surface area contributed by atoms with Crippen LogP contribution >= 0.6 is 0 Å². The minimum atomic E-state index is -0.0245. The van der Waals surface area contributed by atoms with Gasteiger partial charge in [-0.15, -0.1) is 0 Å². The maximum absolute atomic E-state index is 6.77. The first-order valence-corrected chi connectivity index (χ1v) is 22.7. The van der Waals surface area contributed by atoms with Crippen LogP contribution in [0.1, 0.15) is 65.2 Å². The Morgan fingerprint density at radius 3 is 1.84 bits per heavy atom. The maximum atomic E-state index is 6.77. The number of anilines is 4. The van der Waals surface area contributed by atoms with E-state index in [-0.39, 0.29) is 5.41 Å². The second-order valence-electron chi connectivity index (χ2n) is 18.9. The number of hydrogen-bond acceptors (Lipinski definition) is 4. The van der Waals surface area contributed by atoms with E-state index in [1.165, 1.54) is 33.0 Å². The molecule has 0 atom stereocenters. The summed E-state index contributed by atoms with van der Waals surface area (Å²) < 4.78 is 9.15. The van der Waals surface area contributed by atoms with Crippen molar-refractivity contribution in [3.8, 4) is 39.6 Å². The SMILES string of the molecule is CC(C)Cc1cc(CC(C)C)c2c(c1)c1ccc(Oc3cccc(Nc4ccccc4Nc4c(-c5ccccc5)cccc4-c4ccccc4)c3)cc1n2-c1cc(C(C)(C)C)ccn1. The number of para-hydroxylation sites is 3. The van der Waals surface area contributed by atoms with Gasteiger partial charge in [0.2, 0.25) is 0 Å². The summed E-state index contributed by atoms with van der Waals surface area (Å²) in [4.78, 5) is 5.03. The van der Waals surface area contributed by atoms with Crippen molar-refractivity contribution in [1.29, 1.82) is 0 Å². The first-order valence-electron chi connectivity index (χ1n) is 22.7. The summed E-state index contributed by atoms with van der Waals surface area (Å²) in [6.45, 7) is 16.0. The minimum Gasteiger partial charge on any atom is -0.457 e. The molecule has 9 rings (SSSR count). The highest BCUT2D eigenvalue weighted by atomic mass is 16.5. The molecule has 0 spiro atoms. The molecule has 64 heavy (non-hydrogen) atoms. The number of ether oxygens (including phenoxy) is 1. The number of nitrogens with zero attached hydrogens (tertiary/aromatic N) is 2. The number of nitrogens with one attached hydrogen (secondary N) is 2. The summed E-state index contributed by atoms with van der Waals surface area (Å²) in [5.41, 5.74) is 14.7. The standard InChI is InChI=1S/C59H58N4O/c1-39(2)32-41-34-44(33-40(3)4)58-52(35-41)51-29-28-48(38-55(51)63(58)56-36-45(30-31-60-56)59(5,6)7)64-47-23-16-22-46(37-47)61-53-26-14-15-27-54(53)62-57-49(42-18-10-8-11-19-42)24-17-25-50(57)43-20-12-9-13-21-43/h8-31,34-40,61-62H,32-33H2,1-7H3. The van der Waals surface area contributed by atoms with E-state index in [1.54, 1.807) is 0 Å². The van der Waals surface area contributed by atoms with Gasteiger partial charge < -0.3 is 15.4 Å². The van der Waals surface area contributed by atoms with Crippen LogP contribution < -0.4 is 15.4 Å². The van der Waals surface area contributed by atoms with Crippen LogP contribution in [0.2, 0.25) is 0 Å². The topological polar surface area (TPSA) is 51.1 Å². The molecule has 0 aliphatic heterocycles. The average molecular weight is 839 g/mol. The van der Waals surface area contributed by atoms with Gasteiger partial charge in [0.1, 0.15) is 17.3 Å². The summed E-state index contributed by atoms with van der Waals surface area (Å²) in [6, 6.07) is 60.0. The summed E-state index contributed by atoms with van der Waals surface area (Å²) >= 11 is 0. The number of pyridine rings is 1. The molecule has 0 aliphatic carbocycles. The van der Waals surface area contributed by atoms with Crippen molar-refractivity contribution in [1.82, 2.24) is 9.55 Å². The van der Waals surface area contributed by atoms with Gasteiger partial charge in [0.15, 0.2) is 0 Å². The molecule has 0 amide bonds. The Bertz CT molecular complexity index is 3010. The maximum Gasteiger partial charge on any atom is 0.137 e. The molecular formula is C59H58N4O. The third-order valence-electron chi connectivity index (χ3n) is 11.9. The summed E-state index contributed by atoms with van der Waals surface area (Å²) in [5.74, 6) is 3.48. The van der Waals surface area contributed by atoms with E-state index in [0.717, 1.165) is 80.7 Å². The Hall–Kier alpha value is -7.11. The third kappa shape index (κ3) is 9.03. The molecule has 2 heterocycles. The lowest BCUT2D eigenvalue weighted by Crippen LogP contribution is -2.12. The van der Waals surface area contributed by atoms with Crippen molar-refractivity contribution < 1.29 is 4.74 Å². The normalized spacial score (nSPS) is 11.8. The molecule has 0 unspecified atom stereocenters. The van der Waals surface area contributed by atoms with Crippen LogP contribution in [-0.4, -0.2) is 9.55 Å². The third-order valence-corrected chi connectivity index (χ3v) is 11.9. The Kier molecular flexibility index (Phi) is 11.8. The lowest BCUT2D eigenvalue weighted by Gasteiger charge is -2.20. The number of hydrogen-bond donors (Lipinski definition) is 2. The Morgan fingerprint density at radius 2 is 1.19 bits per heavy atom. The van der Waals surface area contributed by atoms with Gasteiger partial charge >= 0.3 is 0 Å². The molecular weight excluding hydrogens is 781 g/mol. The van der Waals surface area contributed by atoms with Crippen molar-refractivity contribution >= 4 is 44.6 Å². The van der Waals surface area contributed by atoms with Gasteiger partial charge in [-0.1, -0.05) is 152 Å². The fraction of sp³-hybridized carbons (Fsp3) is 0.203. The lowest BCUT2D eigenvalue weighted by atomic mass is 9.88. The highest BCUT2D eigenvalue weighted by Crippen LogP contribution is 2.42. The Labute approximate surface area is 378 Å². The van der Waals surface area contributed by atoms with Crippen LogP contribution in [0.15, 0.2) is 176 Å². The fourth-order valence-corrected chi connectivity index (χ4v) is 8.94. The molecule has 5 heteroatoms. The molecule has 2 N–H and O–H groups in total. The van der Waals surface area contributed by atoms with Crippen molar-refractivity contribution in [3.05, 3.63) is 193 Å². The molecule has 0 saturated heterocycles. The highest BCUT2D eigenvalue weighted by molar-refractivity contribution is 6.11. The summed E-state index contributed by atoms with van der Waals surface area (Å²) in [5, 5.41) is 10.0. The quantitative estimate of drug-likeness (QED) is 0.121. The van der Waals surface area contributed by atoms with Gasteiger partial charge in [-0.05, 0) is 113 Å². The monoisotopic (exact) mass is 838 g/mol. The van der Waals surface area contributed by atoms with E-state index in [9.17, 15) is 0 Å². The second kappa shape index (κ2) is 17.9. The largest absolute Gasteiger partial charge is 0.457 e. The predicted octanol–water partition coefficient (Wildman–Crippen LogP) is 16.5. The van der Waals surface area contributed by atoms with Crippen molar-refractivity contribution in [2.75, 3.05) is 10.6 Å². The van der Waals surface area contributed by atoms with E-state index < -0.39 is 0 Å². The van der Waals surface area contributed by atoms with Crippen molar-refractivity contribution in [2.45, 2.75) is 66.7 Å².